The van der Waals surface area contributed by atoms with Gasteiger partial charge in [-0.2, -0.15) is 0 Å². The number of carbonyl (C=O) groups excluding carboxylic acids is 4. The number of nitrogens with two attached hydrogens (primary N) is 1. The Balaban J connectivity index is 1.60. The zero-order valence-electron chi connectivity index (χ0n) is 20.2. The Labute approximate surface area is 207 Å². The maximum Gasteiger partial charge on any atom is 0.410 e. The fourth-order valence-electron chi connectivity index (χ4n) is 4.65. The third kappa shape index (κ3) is 4.93. The number of halogens is 2. The monoisotopic (exact) mass is 508 g/mol. The predicted molar refractivity (Wildman–Crippen MR) is 123 cm³/mol. The molecule has 1 saturated heterocycles. The van der Waals surface area contributed by atoms with Crippen molar-refractivity contribution in [3.63, 3.8) is 0 Å². The topological polar surface area (TPSA) is 131 Å². The molecule has 0 bridgehead atoms. The van der Waals surface area contributed by atoms with Gasteiger partial charge in [0.1, 0.15) is 23.6 Å². The number of anilines is 1. The van der Waals surface area contributed by atoms with E-state index in [2.05, 4.69) is 5.32 Å². The van der Waals surface area contributed by atoms with E-state index in [-0.39, 0.29) is 36.9 Å². The molecule has 3 atom stereocenters. The standard InChI is InChI=1S/C24H30F2N4O6/c1-3-4-7-35-23(34)29(2)16(8-13-5-6-13)21(32)30-12-24(11-17(30)20(27)31)22(33)28-19-15(26)9-14(25)10-18(19)36-24/h9-10,13,16-17H,3-8,11-12H2,1-2H3,(H2,27,31)(H,28,33)/t16-,17-,24+/m0/s1. The number of nitrogens with one attached hydrogen (secondary N) is 1. The number of fused-ring (bicyclic) bond motifs is 1. The van der Waals surface area contributed by atoms with Gasteiger partial charge in [0.15, 0.2) is 11.6 Å². The summed E-state index contributed by atoms with van der Waals surface area (Å²) in [5, 5.41) is 2.37. The van der Waals surface area contributed by atoms with Crippen LogP contribution in [0.1, 0.15) is 45.4 Å². The van der Waals surface area contributed by atoms with Crippen LogP contribution in [0.3, 0.4) is 0 Å². The lowest BCUT2D eigenvalue weighted by Gasteiger charge is -2.35. The predicted octanol–water partition coefficient (Wildman–Crippen LogP) is 2.16. The molecule has 0 aromatic heterocycles. The van der Waals surface area contributed by atoms with E-state index < -0.39 is 53.1 Å². The first-order valence-corrected chi connectivity index (χ1v) is 12.0. The van der Waals surface area contributed by atoms with Crippen molar-refractivity contribution < 1.29 is 37.4 Å². The van der Waals surface area contributed by atoms with Crippen molar-refractivity contribution in [1.82, 2.24) is 9.80 Å². The molecule has 36 heavy (non-hydrogen) atoms. The van der Waals surface area contributed by atoms with Crippen molar-refractivity contribution in [3.8, 4) is 5.75 Å². The van der Waals surface area contributed by atoms with Gasteiger partial charge in [0.2, 0.25) is 17.4 Å². The molecule has 4 amide bonds. The molecule has 0 unspecified atom stereocenters. The van der Waals surface area contributed by atoms with Gasteiger partial charge in [-0.15, -0.1) is 0 Å². The molecule has 1 saturated carbocycles. The molecule has 2 fully saturated rings. The lowest BCUT2D eigenvalue weighted by atomic mass is 9.96. The summed E-state index contributed by atoms with van der Waals surface area (Å²) in [7, 11) is 1.45. The van der Waals surface area contributed by atoms with Crippen LogP contribution in [0.25, 0.3) is 0 Å². The summed E-state index contributed by atoms with van der Waals surface area (Å²) in [5.41, 5.74) is 3.48. The number of nitrogens with zero attached hydrogens (tertiary/aromatic N) is 2. The second kappa shape index (κ2) is 9.90. The van der Waals surface area contributed by atoms with Crippen molar-refractivity contribution in [2.45, 2.75) is 63.1 Å². The van der Waals surface area contributed by atoms with Crippen LogP contribution in [0.5, 0.6) is 5.75 Å². The molecule has 1 aliphatic carbocycles. The number of unbranched alkanes of at least 4 members (excludes halogenated alkanes) is 1. The summed E-state index contributed by atoms with van der Waals surface area (Å²) in [4.78, 5) is 54.1. The highest BCUT2D eigenvalue weighted by atomic mass is 19.1. The van der Waals surface area contributed by atoms with E-state index in [9.17, 15) is 28.0 Å². The first kappa shape index (κ1) is 25.6. The van der Waals surface area contributed by atoms with Gasteiger partial charge in [-0.25, -0.2) is 13.6 Å². The number of ether oxygens (including phenoxy) is 2. The van der Waals surface area contributed by atoms with Gasteiger partial charge in [0.25, 0.3) is 5.91 Å². The van der Waals surface area contributed by atoms with Crippen molar-refractivity contribution in [2.24, 2.45) is 11.7 Å². The minimum absolute atomic E-state index is 0.210. The molecule has 1 spiro atoms. The van der Waals surface area contributed by atoms with Gasteiger partial charge in [0.05, 0.1) is 13.2 Å². The van der Waals surface area contributed by atoms with Crippen molar-refractivity contribution >= 4 is 29.5 Å². The Bertz CT molecular complexity index is 1080. The second-order valence-electron chi connectivity index (χ2n) is 9.67. The molecule has 3 aliphatic rings. The molecular weight excluding hydrogens is 478 g/mol. The molecule has 4 rings (SSSR count). The van der Waals surface area contributed by atoms with Crippen LogP contribution >= 0.6 is 0 Å². The van der Waals surface area contributed by atoms with Crippen LogP contribution in [0.15, 0.2) is 12.1 Å². The van der Waals surface area contributed by atoms with Crippen molar-refractivity contribution in [1.29, 1.82) is 0 Å². The Kier molecular flexibility index (Phi) is 7.05. The van der Waals surface area contributed by atoms with Gasteiger partial charge in [0, 0.05) is 25.6 Å². The van der Waals surface area contributed by atoms with E-state index in [1.54, 1.807) is 0 Å². The summed E-state index contributed by atoms with van der Waals surface area (Å²) < 4.78 is 39.0. The van der Waals surface area contributed by atoms with Gasteiger partial charge < -0.3 is 25.4 Å². The molecule has 0 radical (unpaired) electrons. The maximum atomic E-state index is 14.2. The molecule has 3 N–H and O–H groups in total. The van der Waals surface area contributed by atoms with Crippen molar-refractivity contribution in [2.75, 3.05) is 25.5 Å². The highest BCUT2D eigenvalue weighted by Gasteiger charge is 2.58. The summed E-state index contributed by atoms with van der Waals surface area (Å²) in [6, 6.07) is -0.652. The minimum Gasteiger partial charge on any atom is -0.473 e. The normalized spacial score (nSPS) is 23.5. The zero-order chi connectivity index (χ0) is 26.2. The number of hydrogen-bond donors (Lipinski definition) is 2. The second-order valence-corrected chi connectivity index (χ2v) is 9.67. The third-order valence-electron chi connectivity index (χ3n) is 6.93. The fourth-order valence-corrected chi connectivity index (χ4v) is 4.65. The number of benzene rings is 1. The van der Waals surface area contributed by atoms with E-state index >= 15 is 0 Å². The smallest absolute Gasteiger partial charge is 0.410 e. The van der Waals surface area contributed by atoms with Crippen LogP contribution < -0.4 is 15.8 Å². The van der Waals surface area contributed by atoms with Crippen LogP contribution in [-0.2, 0) is 19.1 Å². The van der Waals surface area contributed by atoms with Crippen LogP contribution in [-0.4, -0.2) is 71.5 Å². The van der Waals surface area contributed by atoms with E-state index in [4.69, 9.17) is 15.2 Å². The molecule has 1 aromatic rings. The lowest BCUT2D eigenvalue weighted by molar-refractivity contribution is -0.142. The van der Waals surface area contributed by atoms with E-state index in [1.807, 2.05) is 6.92 Å². The first-order valence-electron chi connectivity index (χ1n) is 12.0. The van der Waals surface area contributed by atoms with E-state index in [0.29, 0.717) is 18.9 Å². The fraction of sp³-hybridized carbons (Fsp3) is 0.583. The van der Waals surface area contributed by atoms with Crippen LogP contribution in [0.4, 0.5) is 19.3 Å². The average molecular weight is 509 g/mol. The summed E-state index contributed by atoms with van der Waals surface area (Å²) in [6.45, 7) is 1.78. The first-order chi connectivity index (χ1) is 17.1. The number of amides is 4. The number of hydrogen-bond acceptors (Lipinski definition) is 6. The molecule has 2 heterocycles. The summed E-state index contributed by atoms with van der Waals surface area (Å²) >= 11 is 0. The molecule has 1 aromatic carbocycles. The Morgan fingerprint density at radius 1 is 1.33 bits per heavy atom. The number of likely N-dealkylation sites (tertiary alicyclic amines) is 1. The highest BCUT2D eigenvalue weighted by Crippen LogP contribution is 2.42. The lowest BCUT2D eigenvalue weighted by Crippen LogP contribution is -2.56. The number of carbonyl (C=O) groups is 4. The summed E-state index contributed by atoms with van der Waals surface area (Å²) in [6.07, 6.45) is 2.71. The van der Waals surface area contributed by atoms with E-state index in [1.165, 1.54) is 11.9 Å². The van der Waals surface area contributed by atoms with Gasteiger partial charge in [-0.05, 0) is 18.8 Å². The SMILES string of the molecule is CCCCOC(=O)N(C)[C@@H](CC1CC1)C(=O)N1C[C@@]2(C[C@H]1C(N)=O)Oc1cc(F)cc(F)c1NC2=O. The molecule has 12 heteroatoms. The molecule has 10 nitrogen and oxygen atoms in total. The Morgan fingerprint density at radius 2 is 2.06 bits per heavy atom. The van der Waals surface area contributed by atoms with Gasteiger partial charge >= 0.3 is 6.09 Å². The minimum atomic E-state index is -1.78. The van der Waals surface area contributed by atoms with Crippen LogP contribution in [0.2, 0.25) is 0 Å². The molecular formula is C24H30F2N4O6. The quantitative estimate of drug-likeness (QED) is 0.518. The average Bonchev–Trinajstić information content (AvgIpc) is 3.56. The maximum absolute atomic E-state index is 14.2. The number of likely N-dealkylation sites (N-methyl/N-ethyl adjacent to an activating group) is 1. The summed E-state index contributed by atoms with van der Waals surface area (Å²) in [5.74, 6) is -4.18. The highest BCUT2D eigenvalue weighted by molar-refractivity contribution is 6.03. The third-order valence-corrected chi connectivity index (χ3v) is 6.93. The number of primary amides is 1. The van der Waals surface area contributed by atoms with Crippen LogP contribution in [0, 0.1) is 17.6 Å². The van der Waals surface area contributed by atoms with Gasteiger partial charge in [-0.3, -0.25) is 19.3 Å². The largest absolute Gasteiger partial charge is 0.473 e. The van der Waals surface area contributed by atoms with Gasteiger partial charge in [-0.1, -0.05) is 26.2 Å². The zero-order valence-corrected chi connectivity index (χ0v) is 20.2. The Morgan fingerprint density at radius 3 is 2.69 bits per heavy atom. The van der Waals surface area contributed by atoms with Crippen molar-refractivity contribution in [3.05, 3.63) is 23.8 Å². The Hall–Kier alpha value is -3.44. The molecule has 2 aliphatic heterocycles. The van der Waals surface area contributed by atoms with E-state index in [0.717, 1.165) is 30.2 Å². The molecule has 196 valence electrons. The number of rotatable bonds is 8.